The van der Waals surface area contributed by atoms with Crippen LogP contribution in [0.25, 0.3) is 0 Å². The molecule has 1 amide bonds. The molecular formula is C9H18N2O3. The summed E-state index contributed by atoms with van der Waals surface area (Å²) in [7, 11) is 0. The highest BCUT2D eigenvalue weighted by atomic mass is 16.7. The molecule has 0 rings (SSSR count). The molecule has 5 heteroatoms. The van der Waals surface area contributed by atoms with Crippen LogP contribution in [0.5, 0.6) is 0 Å². The largest absolute Gasteiger partial charge is 0.369 e. The van der Waals surface area contributed by atoms with Gasteiger partial charge in [-0.25, -0.2) is 0 Å². The first-order valence-corrected chi connectivity index (χ1v) is 4.46. The maximum absolute atomic E-state index is 9.60. The number of carbonyl (C=O) groups is 1. The molecule has 0 aromatic heterocycles. The molecule has 0 atom stereocenters. The molecule has 0 aromatic rings. The summed E-state index contributed by atoms with van der Waals surface area (Å²) in [6, 6.07) is 1.59. The van der Waals surface area contributed by atoms with E-state index < -0.39 is 5.91 Å². The van der Waals surface area contributed by atoms with Crippen LogP contribution < -0.4 is 5.73 Å². The second-order valence-corrected chi connectivity index (χ2v) is 2.28. The molecule has 0 saturated carbocycles. The van der Waals surface area contributed by atoms with E-state index in [2.05, 4.69) is 5.73 Å². The van der Waals surface area contributed by atoms with Crippen molar-refractivity contribution in [1.82, 2.24) is 0 Å². The summed E-state index contributed by atoms with van der Waals surface area (Å²) in [4.78, 5) is 9.60. The normalized spacial score (nSPS) is 8.79. The molecule has 0 radical (unpaired) electrons. The van der Waals surface area contributed by atoms with Gasteiger partial charge >= 0.3 is 0 Å². The average molecular weight is 202 g/mol. The Hall–Kier alpha value is -1.12. The van der Waals surface area contributed by atoms with Crippen LogP contribution in [0, 0.1) is 11.3 Å². The van der Waals surface area contributed by atoms with Crippen LogP contribution in [0.3, 0.4) is 0 Å². The minimum atomic E-state index is -0.572. The van der Waals surface area contributed by atoms with Crippen LogP contribution in [0.1, 0.15) is 27.2 Å². The minimum absolute atomic E-state index is 0.0370. The molecule has 82 valence electrons. The molecule has 2 N–H and O–H groups in total. The summed E-state index contributed by atoms with van der Waals surface area (Å²) in [5, 5.41) is 7.69. The van der Waals surface area contributed by atoms with Crippen LogP contribution in [0.2, 0.25) is 0 Å². The van der Waals surface area contributed by atoms with Gasteiger partial charge in [0.15, 0.2) is 6.29 Å². The third kappa shape index (κ3) is 17.1. The number of nitrogens with two attached hydrogens (primary N) is 1. The van der Waals surface area contributed by atoms with Crippen LogP contribution >= 0.6 is 0 Å². The van der Waals surface area contributed by atoms with E-state index in [-0.39, 0.29) is 12.7 Å². The van der Waals surface area contributed by atoms with Gasteiger partial charge in [-0.15, -0.1) is 0 Å². The van der Waals surface area contributed by atoms with Crippen molar-refractivity contribution < 1.29 is 14.3 Å². The van der Waals surface area contributed by atoms with Gasteiger partial charge in [0.05, 0.1) is 6.07 Å². The number of amides is 1. The summed E-state index contributed by atoms with van der Waals surface area (Å²) in [6.07, 6.45) is -0.218. The fraction of sp³-hybridized carbons (Fsp3) is 0.778. The zero-order valence-corrected chi connectivity index (χ0v) is 8.95. The second-order valence-electron chi connectivity index (χ2n) is 2.28. The van der Waals surface area contributed by atoms with Crippen LogP contribution in [0.15, 0.2) is 0 Å². The zero-order valence-electron chi connectivity index (χ0n) is 8.95. The van der Waals surface area contributed by atoms with Crippen molar-refractivity contribution in [3.8, 4) is 6.07 Å². The Bertz CT molecular complexity index is 171. The van der Waals surface area contributed by atoms with E-state index in [0.29, 0.717) is 0 Å². The Morgan fingerprint density at radius 2 is 1.86 bits per heavy atom. The van der Waals surface area contributed by atoms with Crippen LogP contribution in [-0.4, -0.2) is 25.4 Å². The van der Waals surface area contributed by atoms with Gasteiger partial charge in [0, 0.05) is 13.2 Å². The number of hydrogen-bond donors (Lipinski definition) is 1. The Labute approximate surface area is 84.8 Å². The Morgan fingerprint density at radius 1 is 1.43 bits per heavy atom. The highest BCUT2D eigenvalue weighted by Crippen LogP contribution is 1.90. The Kier molecular flexibility index (Phi) is 13.0. The van der Waals surface area contributed by atoms with Crippen molar-refractivity contribution >= 4 is 5.91 Å². The predicted molar refractivity (Wildman–Crippen MR) is 52.1 cm³/mol. The Morgan fingerprint density at radius 3 is 2.00 bits per heavy atom. The lowest BCUT2D eigenvalue weighted by Crippen LogP contribution is -2.11. The average Bonchev–Trinajstić information content (AvgIpc) is 2.05. The number of ether oxygens (including phenoxy) is 2. The lowest BCUT2D eigenvalue weighted by Gasteiger charge is -2.09. The van der Waals surface area contributed by atoms with E-state index in [4.69, 9.17) is 14.7 Å². The molecule has 0 aliphatic heterocycles. The highest BCUT2D eigenvalue weighted by molar-refractivity contribution is 5.75. The molecule has 0 aliphatic rings. The summed E-state index contributed by atoms with van der Waals surface area (Å²) in [6.45, 7) is 7.25. The molecule has 5 nitrogen and oxygen atoms in total. The number of nitriles is 1. The first kappa shape index (κ1) is 15.4. The standard InChI is InChI=1S/C6H14O2.C3H4N2O/c1-4-7-6(3)8-5-2;4-2-1-3(5)6/h6H,4-5H2,1-3H3;1H2,(H2,5,6). The summed E-state index contributed by atoms with van der Waals surface area (Å²) in [5.74, 6) is -0.572. The van der Waals surface area contributed by atoms with Gasteiger partial charge < -0.3 is 15.2 Å². The van der Waals surface area contributed by atoms with Crippen LogP contribution in [-0.2, 0) is 14.3 Å². The highest BCUT2D eigenvalue weighted by Gasteiger charge is 1.94. The van der Waals surface area contributed by atoms with Crippen molar-refractivity contribution in [2.45, 2.75) is 33.5 Å². The molecule has 0 heterocycles. The van der Waals surface area contributed by atoms with Gasteiger partial charge in [0.2, 0.25) is 5.91 Å². The maximum atomic E-state index is 9.60. The fourth-order valence-corrected chi connectivity index (χ4v) is 0.595. The number of primary amides is 1. The van der Waals surface area contributed by atoms with Crippen LogP contribution in [0.4, 0.5) is 0 Å². The minimum Gasteiger partial charge on any atom is -0.369 e. The summed E-state index contributed by atoms with van der Waals surface area (Å²) >= 11 is 0. The van der Waals surface area contributed by atoms with E-state index in [9.17, 15) is 4.79 Å². The lowest BCUT2D eigenvalue weighted by atomic mass is 10.5. The first-order valence-electron chi connectivity index (χ1n) is 4.46. The lowest BCUT2D eigenvalue weighted by molar-refractivity contribution is -0.123. The molecule has 0 aromatic carbocycles. The number of hydrogen-bond acceptors (Lipinski definition) is 4. The van der Waals surface area contributed by atoms with E-state index in [1.165, 1.54) is 0 Å². The molecule has 14 heavy (non-hydrogen) atoms. The summed E-state index contributed by atoms with van der Waals surface area (Å²) in [5.41, 5.74) is 4.54. The van der Waals surface area contributed by atoms with Crippen molar-refractivity contribution in [3.63, 3.8) is 0 Å². The van der Waals surface area contributed by atoms with Gasteiger partial charge in [-0.1, -0.05) is 0 Å². The smallest absolute Gasteiger partial charge is 0.231 e. The van der Waals surface area contributed by atoms with E-state index >= 15 is 0 Å². The van der Waals surface area contributed by atoms with Crippen molar-refractivity contribution in [2.75, 3.05) is 13.2 Å². The van der Waals surface area contributed by atoms with Gasteiger partial charge in [-0.3, -0.25) is 4.79 Å². The molecule has 0 fully saturated rings. The monoisotopic (exact) mass is 202 g/mol. The van der Waals surface area contributed by atoms with Gasteiger partial charge in [-0.05, 0) is 20.8 Å². The molecule has 0 spiro atoms. The van der Waals surface area contributed by atoms with E-state index in [0.717, 1.165) is 13.2 Å². The van der Waals surface area contributed by atoms with Crippen molar-refractivity contribution in [1.29, 1.82) is 5.26 Å². The third-order valence-electron chi connectivity index (χ3n) is 1.06. The number of carbonyl (C=O) groups excluding carboxylic acids is 1. The number of rotatable bonds is 5. The van der Waals surface area contributed by atoms with E-state index in [1.54, 1.807) is 6.07 Å². The molecule has 0 unspecified atom stereocenters. The molecular weight excluding hydrogens is 184 g/mol. The van der Waals surface area contributed by atoms with Gasteiger partial charge in [-0.2, -0.15) is 5.26 Å². The fourth-order valence-electron chi connectivity index (χ4n) is 0.595. The summed E-state index contributed by atoms with van der Waals surface area (Å²) < 4.78 is 10.1. The maximum Gasteiger partial charge on any atom is 0.231 e. The van der Waals surface area contributed by atoms with Crippen molar-refractivity contribution in [3.05, 3.63) is 0 Å². The third-order valence-corrected chi connectivity index (χ3v) is 1.06. The number of nitrogens with zero attached hydrogens (tertiary/aromatic N) is 1. The molecule has 0 saturated heterocycles. The van der Waals surface area contributed by atoms with Gasteiger partial charge in [0.25, 0.3) is 0 Å². The second kappa shape index (κ2) is 11.9. The zero-order chi connectivity index (χ0) is 11.4. The SMILES string of the molecule is CCOC(C)OCC.N#CCC(N)=O. The van der Waals surface area contributed by atoms with Crippen molar-refractivity contribution in [2.24, 2.45) is 5.73 Å². The van der Waals surface area contributed by atoms with E-state index in [1.807, 2.05) is 20.8 Å². The molecule has 0 aliphatic carbocycles. The van der Waals surface area contributed by atoms with Gasteiger partial charge in [0.1, 0.15) is 6.42 Å². The molecule has 0 bridgehead atoms. The first-order chi connectivity index (χ1) is 6.58. The Balaban J connectivity index is 0. The quantitative estimate of drug-likeness (QED) is 0.668. The topological polar surface area (TPSA) is 85.3 Å². The predicted octanol–water partition coefficient (Wildman–Crippen LogP) is 0.791.